The summed E-state index contributed by atoms with van der Waals surface area (Å²) in [7, 11) is 3.56. The molecular weight excluding hydrogens is 316 g/mol. The number of likely N-dealkylation sites (N-methyl/N-ethyl adjacent to an activating group) is 1. The van der Waals surface area contributed by atoms with E-state index in [0.29, 0.717) is 26.2 Å². The third-order valence-corrected chi connectivity index (χ3v) is 3.79. The van der Waals surface area contributed by atoms with Gasteiger partial charge in [-0.25, -0.2) is 0 Å². The number of carbonyl (C=O) groups is 1. The van der Waals surface area contributed by atoms with Gasteiger partial charge in [0, 0.05) is 13.1 Å². The van der Waals surface area contributed by atoms with Crippen LogP contribution in [-0.4, -0.2) is 51.2 Å². The molecule has 1 amide bonds. The summed E-state index contributed by atoms with van der Waals surface area (Å²) < 4.78 is 10.8. The first kappa shape index (κ1) is 18.8. The Balaban J connectivity index is 1.59. The van der Waals surface area contributed by atoms with Crippen LogP contribution in [-0.2, 0) is 11.2 Å². The summed E-state index contributed by atoms with van der Waals surface area (Å²) in [6.07, 6.45) is 0.802. The van der Waals surface area contributed by atoms with Crippen molar-refractivity contribution < 1.29 is 14.3 Å². The number of carbonyl (C=O) groups excluding carboxylic acids is 1. The Labute approximate surface area is 149 Å². The van der Waals surface area contributed by atoms with Gasteiger partial charge in [-0.1, -0.05) is 30.3 Å². The first-order valence-electron chi connectivity index (χ1n) is 8.43. The molecular formula is C20H26N2O3. The number of methoxy groups -OCH3 is 1. The van der Waals surface area contributed by atoms with Crippen LogP contribution in [0.2, 0.25) is 0 Å². The normalized spacial score (nSPS) is 10.5. The molecule has 1 N–H and O–H groups in total. The first-order chi connectivity index (χ1) is 12.2. The Morgan fingerprint density at radius 2 is 1.76 bits per heavy atom. The van der Waals surface area contributed by atoms with E-state index in [0.717, 1.165) is 17.9 Å². The third-order valence-electron chi connectivity index (χ3n) is 3.79. The van der Waals surface area contributed by atoms with Gasteiger partial charge in [0.15, 0.2) is 0 Å². The number of nitrogens with one attached hydrogen (secondary N) is 1. The summed E-state index contributed by atoms with van der Waals surface area (Å²) in [5.74, 6) is 1.71. The molecule has 0 saturated carbocycles. The van der Waals surface area contributed by atoms with Crippen LogP contribution in [0, 0.1) is 0 Å². The molecule has 2 aromatic carbocycles. The van der Waals surface area contributed by atoms with Crippen molar-refractivity contribution in [1.29, 1.82) is 0 Å². The molecule has 5 nitrogen and oxygen atoms in total. The first-order valence-corrected chi connectivity index (χ1v) is 8.43. The van der Waals surface area contributed by atoms with Crippen LogP contribution in [0.25, 0.3) is 0 Å². The number of ether oxygens (including phenoxy) is 2. The maximum Gasteiger partial charge on any atom is 0.234 e. The minimum atomic E-state index is 0.0238. The molecule has 0 spiro atoms. The minimum absolute atomic E-state index is 0.0238. The lowest BCUT2D eigenvalue weighted by atomic mass is 10.1. The molecule has 2 rings (SSSR count). The summed E-state index contributed by atoms with van der Waals surface area (Å²) in [5, 5.41) is 2.95. The van der Waals surface area contributed by atoms with Crippen molar-refractivity contribution in [2.45, 2.75) is 6.42 Å². The van der Waals surface area contributed by atoms with E-state index in [4.69, 9.17) is 9.47 Å². The molecule has 25 heavy (non-hydrogen) atoms. The van der Waals surface area contributed by atoms with Crippen LogP contribution in [0.4, 0.5) is 0 Å². The number of nitrogens with zero attached hydrogens (tertiary/aromatic N) is 1. The second kappa shape index (κ2) is 10.4. The van der Waals surface area contributed by atoms with Gasteiger partial charge < -0.3 is 14.8 Å². The number of rotatable bonds is 10. The molecule has 0 aliphatic carbocycles. The summed E-state index contributed by atoms with van der Waals surface area (Å²) in [6, 6.07) is 17.6. The smallest absolute Gasteiger partial charge is 0.234 e. The SMILES string of the molecule is COc1ccc(CCNC(=O)CN(C)CCOc2ccccc2)cc1. The van der Waals surface area contributed by atoms with Crippen molar-refractivity contribution in [2.75, 3.05) is 40.4 Å². The largest absolute Gasteiger partial charge is 0.497 e. The highest BCUT2D eigenvalue weighted by Crippen LogP contribution is 2.11. The number of hydrogen-bond donors (Lipinski definition) is 1. The number of amides is 1. The number of benzene rings is 2. The zero-order chi connectivity index (χ0) is 17.9. The lowest BCUT2D eigenvalue weighted by molar-refractivity contribution is -0.121. The second-order valence-corrected chi connectivity index (χ2v) is 5.85. The topological polar surface area (TPSA) is 50.8 Å². The van der Waals surface area contributed by atoms with Gasteiger partial charge in [-0.3, -0.25) is 9.69 Å². The highest BCUT2D eigenvalue weighted by Gasteiger charge is 2.06. The van der Waals surface area contributed by atoms with E-state index in [1.807, 2.05) is 66.5 Å². The van der Waals surface area contributed by atoms with Crippen molar-refractivity contribution in [1.82, 2.24) is 10.2 Å². The Bertz CT molecular complexity index is 629. The zero-order valence-corrected chi connectivity index (χ0v) is 14.9. The van der Waals surface area contributed by atoms with Gasteiger partial charge in [0.25, 0.3) is 0 Å². The van der Waals surface area contributed by atoms with Crippen molar-refractivity contribution in [3.8, 4) is 11.5 Å². The van der Waals surface area contributed by atoms with Crippen LogP contribution in [0.5, 0.6) is 11.5 Å². The van der Waals surface area contributed by atoms with Crippen molar-refractivity contribution >= 4 is 5.91 Å². The molecule has 0 atom stereocenters. The Morgan fingerprint density at radius 3 is 2.44 bits per heavy atom. The average Bonchev–Trinajstić information content (AvgIpc) is 2.63. The summed E-state index contributed by atoms with van der Waals surface area (Å²) >= 11 is 0. The molecule has 0 fully saturated rings. The van der Waals surface area contributed by atoms with E-state index >= 15 is 0 Å². The van der Waals surface area contributed by atoms with Crippen molar-refractivity contribution in [3.05, 3.63) is 60.2 Å². The zero-order valence-electron chi connectivity index (χ0n) is 14.9. The monoisotopic (exact) mass is 342 g/mol. The van der Waals surface area contributed by atoms with Crippen molar-refractivity contribution in [2.24, 2.45) is 0 Å². The third kappa shape index (κ3) is 7.27. The fraction of sp³-hybridized carbons (Fsp3) is 0.350. The summed E-state index contributed by atoms with van der Waals surface area (Å²) in [4.78, 5) is 13.9. The molecule has 0 aliphatic rings. The summed E-state index contributed by atoms with van der Waals surface area (Å²) in [6.45, 7) is 2.24. The van der Waals surface area contributed by atoms with Gasteiger partial charge in [0.2, 0.25) is 5.91 Å². The van der Waals surface area contributed by atoms with E-state index in [1.165, 1.54) is 5.56 Å². The Hall–Kier alpha value is -2.53. The molecule has 0 saturated heterocycles. The molecule has 0 aromatic heterocycles. The lowest BCUT2D eigenvalue weighted by Gasteiger charge is -2.16. The molecule has 5 heteroatoms. The van der Waals surface area contributed by atoms with E-state index in [1.54, 1.807) is 7.11 Å². The second-order valence-electron chi connectivity index (χ2n) is 5.85. The molecule has 0 unspecified atom stereocenters. The quantitative estimate of drug-likeness (QED) is 0.720. The Kier molecular flexibility index (Phi) is 7.79. The van der Waals surface area contributed by atoms with Gasteiger partial charge in [-0.2, -0.15) is 0 Å². The van der Waals surface area contributed by atoms with Gasteiger partial charge in [0.05, 0.1) is 13.7 Å². The number of para-hydroxylation sites is 1. The van der Waals surface area contributed by atoms with Crippen LogP contribution >= 0.6 is 0 Å². The highest BCUT2D eigenvalue weighted by molar-refractivity contribution is 5.77. The van der Waals surface area contributed by atoms with Crippen LogP contribution < -0.4 is 14.8 Å². The predicted octanol–water partition coefficient (Wildman–Crippen LogP) is 2.36. The predicted molar refractivity (Wildman–Crippen MR) is 99.1 cm³/mol. The van der Waals surface area contributed by atoms with E-state index in [2.05, 4.69) is 5.32 Å². The van der Waals surface area contributed by atoms with E-state index in [-0.39, 0.29) is 5.91 Å². The van der Waals surface area contributed by atoms with Crippen LogP contribution in [0.1, 0.15) is 5.56 Å². The fourth-order valence-electron chi connectivity index (χ4n) is 2.35. The van der Waals surface area contributed by atoms with E-state index < -0.39 is 0 Å². The fourth-order valence-corrected chi connectivity index (χ4v) is 2.35. The minimum Gasteiger partial charge on any atom is -0.497 e. The maximum absolute atomic E-state index is 12.0. The molecule has 0 radical (unpaired) electrons. The van der Waals surface area contributed by atoms with E-state index in [9.17, 15) is 4.79 Å². The lowest BCUT2D eigenvalue weighted by Crippen LogP contribution is -2.37. The van der Waals surface area contributed by atoms with Crippen molar-refractivity contribution in [3.63, 3.8) is 0 Å². The van der Waals surface area contributed by atoms with Crippen LogP contribution in [0.3, 0.4) is 0 Å². The molecule has 0 bridgehead atoms. The Morgan fingerprint density at radius 1 is 1.04 bits per heavy atom. The molecule has 0 heterocycles. The highest BCUT2D eigenvalue weighted by atomic mass is 16.5. The standard InChI is InChI=1S/C20H26N2O3/c1-22(14-15-25-19-6-4-3-5-7-19)16-20(23)21-13-12-17-8-10-18(24-2)11-9-17/h3-11H,12-16H2,1-2H3,(H,21,23). The molecule has 134 valence electrons. The molecule has 0 aliphatic heterocycles. The summed E-state index contributed by atoms with van der Waals surface area (Å²) in [5.41, 5.74) is 1.17. The molecule has 2 aromatic rings. The van der Waals surface area contributed by atoms with Gasteiger partial charge >= 0.3 is 0 Å². The van der Waals surface area contributed by atoms with Crippen LogP contribution in [0.15, 0.2) is 54.6 Å². The van der Waals surface area contributed by atoms with Gasteiger partial charge in [-0.15, -0.1) is 0 Å². The number of hydrogen-bond acceptors (Lipinski definition) is 4. The van der Waals surface area contributed by atoms with Gasteiger partial charge in [-0.05, 0) is 43.3 Å². The van der Waals surface area contributed by atoms with Gasteiger partial charge in [0.1, 0.15) is 18.1 Å². The maximum atomic E-state index is 12.0. The average molecular weight is 342 g/mol.